The van der Waals surface area contributed by atoms with Crippen molar-refractivity contribution in [3.63, 3.8) is 0 Å². The van der Waals surface area contributed by atoms with E-state index in [9.17, 15) is 0 Å². The predicted molar refractivity (Wildman–Crippen MR) is 105 cm³/mol. The molecule has 1 heterocycles. The average Bonchev–Trinajstić information content (AvgIpc) is 3.03. The van der Waals surface area contributed by atoms with Gasteiger partial charge in [0, 0.05) is 38.4 Å². The summed E-state index contributed by atoms with van der Waals surface area (Å²) in [5, 5.41) is 7.28. The number of ether oxygens (including phenoxy) is 2. The second-order valence-electron chi connectivity index (χ2n) is 5.19. The van der Waals surface area contributed by atoms with Crippen LogP contribution in [-0.4, -0.2) is 45.5 Å². The minimum atomic E-state index is 0. The molecule has 23 heavy (non-hydrogen) atoms. The summed E-state index contributed by atoms with van der Waals surface area (Å²) in [6, 6.07) is 7.79. The zero-order valence-electron chi connectivity index (χ0n) is 13.4. The third-order valence-corrected chi connectivity index (χ3v) is 3.66. The molecule has 1 aromatic rings. The normalized spacial score (nSPS) is 17.7. The molecule has 0 saturated carbocycles. The molecule has 0 aromatic heterocycles. The van der Waals surface area contributed by atoms with Gasteiger partial charge in [0.1, 0.15) is 0 Å². The maximum atomic E-state index is 5.97. The van der Waals surface area contributed by atoms with E-state index in [-0.39, 0.29) is 30.1 Å². The molecule has 1 unspecified atom stereocenters. The van der Waals surface area contributed by atoms with E-state index in [2.05, 4.69) is 15.6 Å². The highest BCUT2D eigenvalue weighted by molar-refractivity contribution is 14.0. The lowest BCUT2D eigenvalue weighted by Gasteiger charge is -2.13. The second-order valence-corrected chi connectivity index (χ2v) is 5.63. The number of aliphatic imine (C=N–C) groups is 1. The Morgan fingerprint density at radius 2 is 2.30 bits per heavy atom. The molecule has 0 bridgehead atoms. The lowest BCUT2D eigenvalue weighted by molar-refractivity contribution is 0.0420. The Morgan fingerprint density at radius 3 is 3.00 bits per heavy atom. The minimum Gasteiger partial charge on any atom is -0.379 e. The van der Waals surface area contributed by atoms with Crippen molar-refractivity contribution in [3.8, 4) is 0 Å². The van der Waals surface area contributed by atoms with E-state index < -0.39 is 0 Å². The van der Waals surface area contributed by atoms with E-state index in [1.807, 2.05) is 24.3 Å². The van der Waals surface area contributed by atoms with Crippen LogP contribution in [0.2, 0.25) is 5.02 Å². The van der Waals surface area contributed by atoms with Crippen molar-refractivity contribution in [1.82, 2.24) is 10.6 Å². The molecule has 7 heteroatoms. The third kappa shape index (κ3) is 8.19. The molecule has 2 rings (SSSR count). The molecule has 0 aliphatic carbocycles. The average molecular weight is 454 g/mol. The Balaban J connectivity index is 0.00000264. The van der Waals surface area contributed by atoms with Gasteiger partial charge in [-0.2, -0.15) is 0 Å². The van der Waals surface area contributed by atoms with Gasteiger partial charge in [-0.25, -0.2) is 0 Å². The molecule has 1 fully saturated rings. The van der Waals surface area contributed by atoms with Crippen molar-refractivity contribution >= 4 is 41.5 Å². The monoisotopic (exact) mass is 453 g/mol. The number of guanidine groups is 1. The number of benzene rings is 1. The summed E-state index contributed by atoms with van der Waals surface area (Å²) in [6.07, 6.45) is 2.23. The first kappa shape index (κ1) is 20.5. The summed E-state index contributed by atoms with van der Waals surface area (Å²) >= 11 is 5.97. The van der Waals surface area contributed by atoms with Gasteiger partial charge in [0.25, 0.3) is 0 Å². The highest BCUT2D eigenvalue weighted by Gasteiger charge is 2.15. The summed E-state index contributed by atoms with van der Waals surface area (Å²) in [5.74, 6) is 0.782. The van der Waals surface area contributed by atoms with Crippen LogP contribution in [0.4, 0.5) is 0 Å². The molecule has 1 atom stereocenters. The van der Waals surface area contributed by atoms with Crippen molar-refractivity contribution < 1.29 is 9.47 Å². The van der Waals surface area contributed by atoms with Crippen LogP contribution in [0.15, 0.2) is 29.3 Å². The predicted octanol–water partition coefficient (Wildman–Crippen LogP) is 2.82. The van der Waals surface area contributed by atoms with Crippen molar-refractivity contribution in [2.75, 3.05) is 33.4 Å². The molecule has 1 saturated heterocycles. The molecule has 1 aliphatic heterocycles. The molecule has 130 valence electrons. The molecule has 1 aromatic carbocycles. The number of hydrogen-bond acceptors (Lipinski definition) is 3. The summed E-state index contributed by atoms with van der Waals surface area (Å²) in [7, 11) is 1.76. The molecule has 0 radical (unpaired) electrons. The van der Waals surface area contributed by atoms with E-state index >= 15 is 0 Å². The zero-order chi connectivity index (χ0) is 15.6. The fourth-order valence-electron chi connectivity index (χ4n) is 2.23. The van der Waals surface area contributed by atoms with Gasteiger partial charge >= 0.3 is 0 Å². The summed E-state index contributed by atoms with van der Waals surface area (Å²) in [6.45, 7) is 3.81. The molecule has 1 aliphatic rings. The van der Waals surface area contributed by atoms with Crippen molar-refractivity contribution in [3.05, 3.63) is 34.9 Å². The molecule has 0 spiro atoms. The van der Waals surface area contributed by atoms with E-state index in [4.69, 9.17) is 21.1 Å². The Hall–Kier alpha value is -0.570. The molecule has 0 amide bonds. The van der Waals surface area contributed by atoms with Gasteiger partial charge in [-0.15, -0.1) is 24.0 Å². The quantitative estimate of drug-likeness (QED) is 0.288. The van der Waals surface area contributed by atoms with Gasteiger partial charge in [0.2, 0.25) is 0 Å². The number of halogens is 2. The number of hydrogen-bond donors (Lipinski definition) is 2. The maximum absolute atomic E-state index is 5.97. The summed E-state index contributed by atoms with van der Waals surface area (Å²) in [5.41, 5.74) is 1.13. The van der Waals surface area contributed by atoms with E-state index in [1.165, 1.54) is 0 Å². The molecular formula is C16H25ClIN3O2. The third-order valence-electron chi connectivity index (χ3n) is 3.43. The number of rotatable bonds is 7. The Morgan fingerprint density at radius 1 is 1.43 bits per heavy atom. The van der Waals surface area contributed by atoms with E-state index in [0.29, 0.717) is 6.54 Å². The van der Waals surface area contributed by atoms with Crippen LogP contribution in [0, 0.1) is 0 Å². The zero-order valence-corrected chi connectivity index (χ0v) is 16.5. The first-order valence-electron chi connectivity index (χ1n) is 7.66. The Bertz CT molecular complexity index is 482. The smallest absolute Gasteiger partial charge is 0.191 e. The van der Waals surface area contributed by atoms with Gasteiger partial charge in [0.15, 0.2) is 5.96 Å². The highest BCUT2D eigenvalue weighted by atomic mass is 127. The minimum absolute atomic E-state index is 0. The maximum Gasteiger partial charge on any atom is 0.191 e. The number of nitrogens with one attached hydrogen (secondary N) is 2. The molecular weight excluding hydrogens is 429 g/mol. The Labute approximate surface area is 160 Å². The summed E-state index contributed by atoms with van der Waals surface area (Å²) in [4.78, 5) is 4.20. The first-order valence-corrected chi connectivity index (χ1v) is 8.04. The van der Waals surface area contributed by atoms with Crippen molar-refractivity contribution in [2.45, 2.75) is 25.5 Å². The van der Waals surface area contributed by atoms with Crippen molar-refractivity contribution in [1.29, 1.82) is 0 Å². The molecule has 5 nitrogen and oxygen atoms in total. The van der Waals surface area contributed by atoms with Crippen LogP contribution >= 0.6 is 35.6 Å². The van der Waals surface area contributed by atoms with Crippen LogP contribution in [-0.2, 0) is 16.0 Å². The van der Waals surface area contributed by atoms with Gasteiger partial charge in [-0.3, -0.25) is 4.99 Å². The van der Waals surface area contributed by atoms with Crippen LogP contribution in [0.5, 0.6) is 0 Å². The molecule has 2 N–H and O–H groups in total. The van der Waals surface area contributed by atoms with Crippen LogP contribution in [0.1, 0.15) is 18.4 Å². The first-order chi connectivity index (χ1) is 10.8. The highest BCUT2D eigenvalue weighted by Crippen LogP contribution is 2.10. The second kappa shape index (κ2) is 11.9. The standard InChI is InChI=1S/C16H24ClN3O2.HI/c1-18-16(20-11-13-4-2-5-14(17)10-13)19-7-3-8-22-15-6-9-21-12-15;/h2,4-5,10,15H,3,6-9,11-12H2,1H3,(H2,18,19,20);1H. The fraction of sp³-hybridized carbons (Fsp3) is 0.562. The SMILES string of the molecule is CN=C(NCCCOC1CCOC1)NCc1cccc(Cl)c1.I. The van der Waals surface area contributed by atoms with Crippen LogP contribution < -0.4 is 10.6 Å². The Kier molecular flexibility index (Phi) is 10.6. The van der Waals surface area contributed by atoms with E-state index in [1.54, 1.807) is 7.05 Å². The van der Waals surface area contributed by atoms with Crippen LogP contribution in [0.3, 0.4) is 0 Å². The van der Waals surface area contributed by atoms with Gasteiger partial charge in [-0.1, -0.05) is 23.7 Å². The lowest BCUT2D eigenvalue weighted by Crippen LogP contribution is -2.37. The lowest BCUT2D eigenvalue weighted by atomic mass is 10.2. The number of nitrogens with zero attached hydrogens (tertiary/aromatic N) is 1. The van der Waals surface area contributed by atoms with Gasteiger partial charge in [0.05, 0.1) is 12.7 Å². The van der Waals surface area contributed by atoms with Gasteiger partial charge < -0.3 is 20.1 Å². The largest absolute Gasteiger partial charge is 0.379 e. The van der Waals surface area contributed by atoms with Gasteiger partial charge in [-0.05, 0) is 30.5 Å². The van der Waals surface area contributed by atoms with E-state index in [0.717, 1.165) is 55.8 Å². The topological polar surface area (TPSA) is 54.9 Å². The van der Waals surface area contributed by atoms with Crippen molar-refractivity contribution in [2.24, 2.45) is 4.99 Å². The summed E-state index contributed by atoms with van der Waals surface area (Å²) < 4.78 is 11.0. The fourth-order valence-corrected chi connectivity index (χ4v) is 2.44. The van der Waals surface area contributed by atoms with Crippen LogP contribution in [0.25, 0.3) is 0 Å².